The van der Waals surface area contributed by atoms with Crippen LogP contribution >= 0.6 is 0 Å². The number of unbranched alkanes of at least 4 members (excludes halogenated alkanes) is 4. The van der Waals surface area contributed by atoms with Gasteiger partial charge in [0, 0.05) is 39.7 Å². The van der Waals surface area contributed by atoms with E-state index in [2.05, 4.69) is 23.8 Å². The van der Waals surface area contributed by atoms with Crippen LogP contribution < -0.4 is 0 Å². The molecular weight excluding hydrogens is 288 g/mol. The van der Waals surface area contributed by atoms with Crippen LogP contribution in [0.3, 0.4) is 0 Å². The molecule has 2 unspecified atom stereocenters. The van der Waals surface area contributed by atoms with Gasteiger partial charge in [-0.25, -0.2) is 0 Å². The summed E-state index contributed by atoms with van der Waals surface area (Å²) in [5.41, 5.74) is 0. The first-order valence-electron chi connectivity index (χ1n) is 9.33. The maximum atomic E-state index is 5.39. The summed E-state index contributed by atoms with van der Waals surface area (Å²) in [4.78, 5) is 8.96. The van der Waals surface area contributed by atoms with E-state index in [1.165, 1.54) is 32.1 Å². The molecule has 0 fully saturated rings. The van der Waals surface area contributed by atoms with Crippen LogP contribution in [0.5, 0.6) is 0 Å². The van der Waals surface area contributed by atoms with E-state index < -0.39 is 0 Å². The van der Waals surface area contributed by atoms with Crippen molar-refractivity contribution in [3.8, 4) is 0 Å². The molecule has 0 aliphatic carbocycles. The van der Waals surface area contributed by atoms with Crippen molar-refractivity contribution in [1.82, 2.24) is 0 Å². The van der Waals surface area contributed by atoms with Gasteiger partial charge in [0.15, 0.2) is 0 Å². The lowest BCUT2D eigenvalue weighted by Crippen LogP contribution is -2.12. The summed E-state index contributed by atoms with van der Waals surface area (Å²) in [6.45, 7) is 6.19. The van der Waals surface area contributed by atoms with Crippen molar-refractivity contribution in [2.24, 2.45) is 9.98 Å². The van der Waals surface area contributed by atoms with Gasteiger partial charge < -0.3 is 9.47 Å². The number of hydrogen-bond donors (Lipinski definition) is 0. The van der Waals surface area contributed by atoms with Crippen LogP contribution in [-0.2, 0) is 9.47 Å². The lowest BCUT2D eigenvalue weighted by atomic mass is 10.2. The monoisotopic (exact) mass is 326 g/mol. The Bertz CT molecular complexity index is 265. The molecule has 23 heavy (non-hydrogen) atoms. The van der Waals surface area contributed by atoms with Crippen LogP contribution in [-0.4, -0.2) is 51.9 Å². The van der Waals surface area contributed by atoms with Gasteiger partial charge in [-0.15, -0.1) is 0 Å². The minimum atomic E-state index is 0.189. The van der Waals surface area contributed by atoms with Crippen LogP contribution in [0.15, 0.2) is 9.98 Å². The van der Waals surface area contributed by atoms with E-state index in [0.29, 0.717) is 0 Å². The topological polar surface area (TPSA) is 43.2 Å². The van der Waals surface area contributed by atoms with Crippen molar-refractivity contribution < 1.29 is 9.47 Å². The average Bonchev–Trinajstić information content (AvgIpc) is 2.58. The van der Waals surface area contributed by atoms with E-state index in [1.807, 2.05) is 12.4 Å². The van der Waals surface area contributed by atoms with Gasteiger partial charge in [-0.05, 0) is 32.1 Å². The molecule has 2 atom stereocenters. The molecule has 0 aliphatic heterocycles. The van der Waals surface area contributed by atoms with Gasteiger partial charge >= 0.3 is 0 Å². The molecular formula is C19H38N2O2. The van der Waals surface area contributed by atoms with Crippen molar-refractivity contribution >= 4 is 12.4 Å². The Kier molecular flexibility index (Phi) is 17.0. The largest absolute Gasteiger partial charge is 0.376 e. The molecule has 4 nitrogen and oxygen atoms in total. The Morgan fingerprint density at radius 3 is 1.48 bits per heavy atom. The average molecular weight is 327 g/mol. The molecule has 0 spiro atoms. The molecule has 0 radical (unpaired) electrons. The molecule has 136 valence electrons. The van der Waals surface area contributed by atoms with E-state index in [-0.39, 0.29) is 12.2 Å². The predicted molar refractivity (Wildman–Crippen MR) is 101 cm³/mol. The van der Waals surface area contributed by atoms with Gasteiger partial charge in [-0.3, -0.25) is 9.98 Å². The number of nitrogens with zero attached hydrogens (tertiary/aromatic N) is 2. The van der Waals surface area contributed by atoms with Crippen LogP contribution in [0, 0.1) is 0 Å². The summed E-state index contributed by atoms with van der Waals surface area (Å²) < 4.78 is 10.8. The van der Waals surface area contributed by atoms with Gasteiger partial charge in [0.1, 0.15) is 0 Å². The van der Waals surface area contributed by atoms with E-state index in [4.69, 9.17) is 9.47 Å². The third-order valence-electron chi connectivity index (χ3n) is 3.91. The van der Waals surface area contributed by atoms with Crippen molar-refractivity contribution in [1.29, 1.82) is 0 Å². The first kappa shape index (κ1) is 22.3. The number of methoxy groups -OCH3 is 2. The number of ether oxygens (including phenoxy) is 2. The van der Waals surface area contributed by atoms with Gasteiger partial charge in [0.05, 0.1) is 12.2 Å². The SMILES string of the molecule is CCCCC(C=NCCCCCN=CC(CCCC)OC)OC. The summed E-state index contributed by atoms with van der Waals surface area (Å²) in [5.74, 6) is 0. The van der Waals surface area contributed by atoms with E-state index in [9.17, 15) is 0 Å². The fourth-order valence-corrected chi connectivity index (χ4v) is 2.28. The smallest absolute Gasteiger partial charge is 0.0917 e. The second-order valence-corrected chi connectivity index (χ2v) is 6.00. The molecule has 0 aromatic carbocycles. The molecule has 0 heterocycles. The highest BCUT2D eigenvalue weighted by atomic mass is 16.5. The lowest BCUT2D eigenvalue weighted by Gasteiger charge is -2.09. The van der Waals surface area contributed by atoms with Crippen LogP contribution in [0.1, 0.15) is 71.6 Å². The first-order chi connectivity index (χ1) is 11.3. The van der Waals surface area contributed by atoms with Crippen LogP contribution in [0.25, 0.3) is 0 Å². The fraction of sp³-hybridized carbons (Fsp3) is 0.895. The van der Waals surface area contributed by atoms with Gasteiger partial charge in [-0.2, -0.15) is 0 Å². The normalized spacial score (nSPS) is 14.8. The maximum Gasteiger partial charge on any atom is 0.0917 e. The molecule has 0 bridgehead atoms. The van der Waals surface area contributed by atoms with E-state index >= 15 is 0 Å². The number of rotatable bonds is 16. The van der Waals surface area contributed by atoms with Crippen molar-refractivity contribution in [2.75, 3.05) is 27.3 Å². The molecule has 0 aromatic rings. The molecule has 4 heteroatoms. The Labute approximate surface area is 143 Å². The Morgan fingerprint density at radius 2 is 1.13 bits per heavy atom. The Hall–Kier alpha value is -0.740. The third-order valence-corrected chi connectivity index (χ3v) is 3.91. The quantitative estimate of drug-likeness (QED) is 0.304. The van der Waals surface area contributed by atoms with E-state index in [0.717, 1.165) is 38.8 Å². The maximum absolute atomic E-state index is 5.39. The van der Waals surface area contributed by atoms with Crippen molar-refractivity contribution in [2.45, 2.75) is 83.8 Å². The van der Waals surface area contributed by atoms with Gasteiger partial charge in [-0.1, -0.05) is 39.5 Å². The zero-order valence-corrected chi connectivity index (χ0v) is 15.8. The summed E-state index contributed by atoms with van der Waals surface area (Å²) in [6.07, 6.45) is 14.7. The highest BCUT2D eigenvalue weighted by Crippen LogP contribution is 2.03. The summed E-state index contributed by atoms with van der Waals surface area (Å²) in [7, 11) is 3.52. The predicted octanol–water partition coefficient (Wildman–Crippen LogP) is 4.71. The fourth-order valence-electron chi connectivity index (χ4n) is 2.28. The highest BCUT2D eigenvalue weighted by Gasteiger charge is 2.02. The minimum Gasteiger partial charge on any atom is -0.376 e. The van der Waals surface area contributed by atoms with Crippen molar-refractivity contribution in [3.63, 3.8) is 0 Å². The third kappa shape index (κ3) is 14.6. The molecule has 0 saturated carbocycles. The number of aliphatic imine (C=N–C) groups is 2. The standard InChI is InChI=1S/C19H38N2O2/c1-5-7-12-18(22-3)16-20-14-10-9-11-15-21-17-19(23-4)13-8-6-2/h16-19H,5-15H2,1-4H3. The Balaban J connectivity index is 3.60. The zero-order chi connectivity index (χ0) is 17.2. The molecule has 0 amide bonds. The highest BCUT2D eigenvalue weighted by molar-refractivity contribution is 5.63. The zero-order valence-electron chi connectivity index (χ0n) is 15.8. The first-order valence-corrected chi connectivity index (χ1v) is 9.33. The Morgan fingerprint density at radius 1 is 0.696 bits per heavy atom. The number of hydrogen-bond acceptors (Lipinski definition) is 4. The molecule has 0 saturated heterocycles. The van der Waals surface area contributed by atoms with Crippen LogP contribution in [0.4, 0.5) is 0 Å². The minimum absolute atomic E-state index is 0.189. The van der Waals surface area contributed by atoms with Gasteiger partial charge in [0.2, 0.25) is 0 Å². The second kappa shape index (κ2) is 17.6. The van der Waals surface area contributed by atoms with Crippen molar-refractivity contribution in [3.05, 3.63) is 0 Å². The van der Waals surface area contributed by atoms with Crippen LogP contribution in [0.2, 0.25) is 0 Å². The molecule has 0 aliphatic rings. The summed E-state index contributed by atoms with van der Waals surface area (Å²) in [5, 5.41) is 0. The van der Waals surface area contributed by atoms with Gasteiger partial charge in [0.25, 0.3) is 0 Å². The lowest BCUT2D eigenvalue weighted by molar-refractivity contribution is 0.149. The second-order valence-electron chi connectivity index (χ2n) is 6.00. The van der Waals surface area contributed by atoms with E-state index in [1.54, 1.807) is 14.2 Å². The summed E-state index contributed by atoms with van der Waals surface area (Å²) >= 11 is 0. The molecule has 0 aromatic heterocycles. The molecule has 0 rings (SSSR count). The summed E-state index contributed by atoms with van der Waals surface area (Å²) in [6, 6.07) is 0. The molecule has 0 N–H and O–H groups in total.